The van der Waals surface area contributed by atoms with E-state index in [1.165, 1.54) is 16.7 Å². The number of nitrogens with one attached hydrogen (secondary N) is 1. The number of amides is 1. The van der Waals surface area contributed by atoms with Gasteiger partial charge in [-0.1, -0.05) is 48.5 Å². The van der Waals surface area contributed by atoms with Crippen molar-refractivity contribution >= 4 is 5.91 Å². The molecule has 0 aliphatic rings. The van der Waals surface area contributed by atoms with E-state index in [0.29, 0.717) is 13.0 Å². The summed E-state index contributed by atoms with van der Waals surface area (Å²) >= 11 is 0. The van der Waals surface area contributed by atoms with Crippen molar-refractivity contribution in [1.29, 1.82) is 0 Å². The molecule has 4 heteroatoms. The maximum Gasteiger partial charge on any atom is 0.225 e. The second kappa shape index (κ2) is 10.3. The van der Waals surface area contributed by atoms with Crippen molar-refractivity contribution in [3.63, 3.8) is 0 Å². The smallest absolute Gasteiger partial charge is 0.225 e. The van der Waals surface area contributed by atoms with Crippen molar-refractivity contribution in [3.05, 3.63) is 88.5 Å². The summed E-state index contributed by atoms with van der Waals surface area (Å²) in [6.07, 6.45) is 0.680. The Kier molecular flexibility index (Phi) is 7.48. The minimum absolute atomic E-state index is 0.288. The van der Waals surface area contributed by atoms with E-state index in [4.69, 9.17) is 10.5 Å². The highest BCUT2D eigenvalue weighted by Gasteiger charge is 2.22. The molecule has 162 valence electrons. The fourth-order valence-corrected chi connectivity index (χ4v) is 4.22. The fraction of sp³-hybridized carbons (Fsp3) is 0.296. The zero-order valence-corrected chi connectivity index (χ0v) is 18.9. The minimum Gasteiger partial charge on any atom is -0.489 e. The number of primary amides is 1. The molecule has 0 saturated heterocycles. The number of ether oxygens (including phenoxy) is 1. The zero-order chi connectivity index (χ0) is 22.4. The first-order valence-corrected chi connectivity index (χ1v) is 10.7. The van der Waals surface area contributed by atoms with Crippen LogP contribution in [0.2, 0.25) is 0 Å². The van der Waals surface area contributed by atoms with Crippen molar-refractivity contribution in [2.45, 2.75) is 39.7 Å². The van der Waals surface area contributed by atoms with Gasteiger partial charge in [0.15, 0.2) is 0 Å². The van der Waals surface area contributed by atoms with Crippen LogP contribution in [0.5, 0.6) is 5.75 Å². The van der Waals surface area contributed by atoms with E-state index in [1.54, 1.807) is 0 Å². The normalized spacial score (nSPS) is 11.9. The first kappa shape index (κ1) is 22.6. The summed E-state index contributed by atoms with van der Waals surface area (Å²) in [6, 6.07) is 20.7. The van der Waals surface area contributed by atoms with Crippen LogP contribution in [0.25, 0.3) is 11.1 Å². The lowest BCUT2D eigenvalue weighted by Crippen LogP contribution is -2.26. The van der Waals surface area contributed by atoms with Gasteiger partial charge in [0, 0.05) is 0 Å². The van der Waals surface area contributed by atoms with E-state index >= 15 is 0 Å². The van der Waals surface area contributed by atoms with Crippen LogP contribution in [-0.2, 0) is 11.4 Å². The van der Waals surface area contributed by atoms with Crippen molar-refractivity contribution in [2.75, 3.05) is 13.6 Å². The molecule has 0 heterocycles. The van der Waals surface area contributed by atoms with Crippen molar-refractivity contribution < 1.29 is 9.53 Å². The predicted molar refractivity (Wildman–Crippen MR) is 127 cm³/mol. The summed E-state index contributed by atoms with van der Waals surface area (Å²) < 4.78 is 6.17. The fourth-order valence-electron chi connectivity index (χ4n) is 4.22. The minimum atomic E-state index is -0.300. The lowest BCUT2D eigenvalue weighted by atomic mass is 9.87. The number of benzene rings is 3. The molecule has 3 rings (SSSR count). The van der Waals surface area contributed by atoms with Crippen LogP contribution in [0, 0.1) is 20.8 Å². The van der Waals surface area contributed by atoms with Gasteiger partial charge in [0.05, 0.1) is 5.92 Å². The van der Waals surface area contributed by atoms with Gasteiger partial charge in [-0.15, -0.1) is 0 Å². The van der Waals surface area contributed by atoms with Crippen LogP contribution in [0.1, 0.15) is 40.2 Å². The van der Waals surface area contributed by atoms with Gasteiger partial charge in [-0.3, -0.25) is 4.79 Å². The number of hydrogen-bond acceptors (Lipinski definition) is 3. The molecule has 1 unspecified atom stereocenters. The molecular weight excluding hydrogens is 384 g/mol. The van der Waals surface area contributed by atoms with Crippen LogP contribution < -0.4 is 15.8 Å². The van der Waals surface area contributed by atoms with Gasteiger partial charge in [-0.05, 0) is 91.9 Å². The van der Waals surface area contributed by atoms with Gasteiger partial charge in [0.1, 0.15) is 12.4 Å². The van der Waals surface area contributed by atoms with E-state index < -0.39 is 0 Å². The SMILES string of the molecule is CNCCC(C(N)=O)c1c(C)cc(OCc2cccc(-c3ccccc3)c2C)cc1C. The second-order valence-corrected chi connectivity index (χ2v) is 8.06. The van der Waals surface area contributed by atoms with Crippen molar-refractivity contribution in [1.82, 2.24) is 5.32 Å². The molecule has 4 nitrogen and oxygen atoms in total. The molecular formula is C27H32N2O2. The van der Waals surface area contributed by atoms with Gasteiger partial charge in [0.2, 0.25) is 5.91 Å². The van der Waals surface area contributed by atoms with Crippen LogP contribution in [0.3, 0.4) is 0 Å². The molecule has 0 aliphatic heterocycles. The Labute approximate surface area is 185 Å². The third kappa shape index (κ3) is 5.33. The molecule has 0 fully saturated rings. The summed E-state index contributed by atoms with van der Waals surface area (Å²) in [5.74, 6) is 0.217. The molecule has 0 aliphatic carbocycles. The molecule has 3 aromatic rings. The molecule has 31 heavy (non-hydrogen) atoms. The molecule has 0 bridgehead atoms. The summed E-state index contributed by atoms with van der Waals surface area (Å²) in [7, 11) is 1.88. The number of carbonyl (C=O) groups excluding carboxylic acids is 1. The number of aryl methyl sites for hydroxylation is 2. The molecule has 3 N–H and O–H groups in total. The first-order chi connectivity index (χ1) is 14.9. The maximum atomic E-state index is 12.1. The third-order valence-corrected chi connectivity index (χ3v) is 5.87. The molecule has 0 saturated carbocycles. The predicted octanol–water partition coefficient (Wildman–Crippen LogP) is 5.04. The van der Waals surface area contributed by atoms with Gasteiger partial charge < -0.3 is 15.8 Å². The highest BCUT2D eigenvalue weighted by molar-refractivity contribution is 5.83. The Hall–Kier alpha value is -3.11. The Balaban J connectivity index is 1.81. The summed E-state index contributed by atoms with van der Waals surface area (Å²) in [5.41, 5.74) is 13.6. The van der Waals surface area contributed by atoms with Gasteiger partial charge in [-0.2, -0.15) is 0 Å². The monoisotopic (exact) mass is 416 g/mol. The molecule has 1 atom stereocenters. The first-order valence-electron chi connectivity index (χ1n) is 10.7. The molecule has 0 radical (unpaired) electrons. The van der Waals surface area contributed by atoms with E-state index in [2.05, 4.69) is 54.7 Å². The Morgan fingerprint density at radius 2 is 1.68 bits per heavy atom. The quantitative estimate of drug-likeness (QED) is 0.514. The van der Waals surface area contributed by atoms with Crippen LogP contribution in [0.4, 0.5) is 0 Å². The summed E-state index contributed by atoms with van der Waals surface area (Å²) in [4.78, 5) is 12.1. The number of nitrogens with two attached hydrogens (primary N) is 1. The number of rotatable bonds is 9. The second-order valence-electron chi connectivity index (χ2n) is 8.06. The number of hydrogen-bond donors (Lipinski definition) is 2. The highest BCUT2D eigenvalue weighted by atomic mass is 16.5. The van der Waals surface area contributed by atoms with Crippen LogP contribution in [-0.4, -0.2) is 19.5 Å². The summed E-state index contributed by atoms with van der Waals surface area (Å²) in [5, 5.41) is 3.10. The molecule has 0 spiro atoms. The average Bonchev–Trinajstić information content (AvgIpc) is 2.75. The average molecular weight is 417 g/mol. The maximum absolute atomic E-state index is 12.1. The topological polar surface area (TPSA) is 64.3 Å². The van der Waals surface area contributed by atoms with Crippen molar-refractivity contribution in [2.24, 2.45) is 5.73 Å². The number of carbonyl (C=O) groups is 1. The molecule has 3 aromatic carbocycles. The van der Waals surface area contributed by atoms with E-state index in [9.17, 15) is 4.79 Å². The van der Waals surface area contributed by atoms with Gasteiger partial charge in [0.25, 0.3) is 0 Å². The van der Waals surface area contributed by atoms with E-state index in [0.717, 1.165) is 34.5 Å². The Bertz CT molecular complexity index is 1020. The lowest BCUT2D eigenvalue weighted by Gasteiger charge is -2.20. The van der Waals surface area contributed by atoms with Gasteiger partial charge in [-0.25, -0.2) is 0 Å². The van der Waals surface area contributed by atoms with Crippen molar-refractivity contribution in [3.8, 4) is 16.9 Å². The van der Waals surface area contributed by atoms with Crippen LogP contribution >= 0.6 is 0 Å². The third-order valence-electron chi connectivity index (χ3n) is 5.87. The van der Waals surface area contributed by atoms with Crippen LogP contribution in [0.15, 0.2) is 60.7 Å². The van der Waals surface area contributed by atoms with Gasteiger partial charge >= 0.3 is 0 Å². The van der Waals surface area contributed by atoms with E-state index in [-0.39, 0.29) is 11.8 Å². The largest absolute Gasteiger partial charge is 0.489 e. The molecule has 0 aromatic heterocycles. The molecule has 1 amide bonds. The summed E-state index contributed by atoms with van der Waals surface area (Å²) in [6.45, 7) is 7.41. The lowest BCUT2D eigenvalue weighted by molar-refractivity contribution is -0.119. The Morgan fingerprint density at radius 1 is 1.00 bits per heavy atom. The Morgan fingerprint density at radius 3 is 2.29 bits per heavy atom. The van der Waals surface area contributed by atoms with E-state index in [1.807, 2.05) is 39.1 Å². The zero-order valence-electron chi connectivity index (χ0n) is 18.9. The highest BCUT2D eigenvalue weighted by Crippen LogP contribution is 2.31. The standard InChI is InChI=1S/C27H32N2O2/c1-18-15-23(16-19(2)26(18)25(27(28)30)13-14-29-4)31-17-22-11-8-12-24(20(22)3)21-9-6-5-7-10-21/h5-12,15-16,25,29H,13-14,17H2,1-4H3,(H2,28,30).